The SMILES string of the molecule is O=C(O)c1sc(-c2ccc(Cl)c(F)c2)nc1C(F)(F)F. The molecular formula is C11H4ClF4NO2S. The van der Waals surface area contributed by atoms with Gasteiger partial charge >= 0.3 is 12.1 Å². The molecule has 2 aromatic rings. The maximum Gasteiger partial charge on any atom is 0.435 e. The van der Waals surface area contributed by atoms with Gasteiger partial charge < -0.3 is 5.11 Å². The van der Waals surface area contributed by atoms with Gasteiger partial charge in [-0.3, -0.25) is 0 Å². The number of halogens is 5. The lowest BCUT2D eigenvalue weighted by molar-refractivity contribution is -0.141. The Morgan fingerprint density at radius 3 is 2.45 bits per heavy atom. The van der Waals surface area contributed by atoms with Crippen LogP contribution in [0.5, 0.6) is 0 Å². The standard InChI is InChI=1S/C11H4ClF4NO2S/c12-5-2-1-4(3-6(5)13)9-17-8(11(14,15)16)7(20-9)10(18)19/h1-3H,(H,18,19). The minimum atomic E-state index is -4.90. The Morgan fingerprint density at radius 1 is 1.35 bits per heavy atom. The van der Waals surface area contributed by atoms with Crippen LogP contribution in [0.15, 0.2) is 18.2 Å². The van der Waals surface area contributed by atoms with E-state index in [0.717, 1.165) is 12.1 Å². The third-order valence-corrected chi connectivity index (χ3v) is 3.66. The molecule has 0 unspecified atom stereocenters. The van der Waals surface area contributed by atoms with E-state index >= 15 is 0 Å². The number of benzene rings is 1. The third kappa shape index (κ3) is 2.75. The highest BCUT2D eigenvalue weighted by molar-refractivity contribution is 7.17. The Hall–Kier alpha value is -1.67. The van der Waals surface area contributed by atoms with Crippen molar-refractivity contribution in [1.82, 2.24) is 4.98 Å². The molecule has 0 saturated carbocycles. The fraction of sp³-hybridized carbons (Fsp3) is 0.0909. The molecule has 0 aliphatic rings. The Kier molecular flexibility index (Phi) is 3.70. The molecule has 0 amide bonds. The first-order chi connectivity index (χ1) is 9.20. The Balaban J connectivity index is 2.58. The molecule has 1 N–H and O–H groups in total. The van der Waals surface area contributed by atoms with E-state index in [9.17, 15) is 22.4 Å². The number of hydrogen-bond donors (Lipinski definition) is 1. The number of thiazole rings is 1. The molecule has 0 radical (unpaired) electrons. The predicted molar refractivity (Wildman–Crippen MR) is 64.5 cm³/mol. The molecule has 3 nitrogen and oxygen atoms in total. The monoisotopic (exact) mass is 325 g/mol. The van der Waals surface area contributed by atoms with Crippen molar-refractivity contribution >= 4 is 28.9 Å². The molecule has 1 heterocycles. The summed E-state index contributed by atoms with van der Waals surface area (Å²) < 4.78 is 51.3. The lowest BCUT2D eigenvalue weighted by atomic mass is 10.2. The van der Waals surface area contributed by atoms with E-state index in [1.54, 1.807) is 0 Å². The van der Waals surface area contributed by atoms with Crippen LogP contribution in [0.1, 0.15) is 15.4 Å². The van der Waals surface area contributed by atoms with Gasteiger partial charge in [-0.15, -0.1) is 11.3 Å². The van der Waals surface area contributed by atoms with Gasteiger partial charge in [-0.1, -0.05) is 17.7 Å². The molecule has 0 spiro atoms. The van der Waals surface area contributed by atoms with Crippen LogP contribution in [0, 0.1) is 5.82 Å². The fourth-order valence-corrected chi connectivity index (χ4v) is 2.45. The van der Waals surface area contributed by atoms with Crippen LogP contribution in [-0.2, 0) is 6.18 Å². The van der Waals surface area contributed by atoms with Gasteiger partial charge in [-0.25, -0.2) is 14.2 Å². The first-order valence-corrected chi connectivity index (χ1v) is 6.16. The first kappa shape index (κ1) is 14.7. The molecule has 0 aliphatic heterocycles. The molecule has 0 saturated heterocycles. The summed E-state index contributed by atoms with van der Waals surface area (Å²) >= 11 is 5.78. The van der Waals surface area contributed by atoms with E-state index in [-0.39, 0.29) is 15.6 Å². The highest BCUT2D eigenvalue weighted by Crippen LogP contribution is 2.38. The number of hydrogen-bond acceptors (Lipinski definition) is 3. The average molecular weight is 326 g/mol. The number of aromatic nitrogens is 1. The van der Waals surface area contributed by atoms with Crippen LogP contribution < -0.4 is 0 Å². The van der Waals surface area contributed by atoms with Gasteiger partial charge in [0.1, 0.15) is 15.7 Å². The number of carboxylic acids is 1. The average Bonchev–Trinajstić information content (AvgIpc) is 2.77. The van der Waals surface area contributed by atoms with Crippen LogP contribution >= 0.6 is 22.9 Å². The summed E-state index contributed by atoms with van der Waals surface area (Å²) in [6.07, 6.45) is -4.90. The van der Waals surface area contributed by atoms with Crippen molar-refractivity contribution in [2.24, 2.45) is 0 Å². The van der Waals surface area contributed by atoms with Gasteiger partial charge in [0, 0.05) is 5.56 Å². The molecule has 1 aromatic heterocycles. The zero-order valence-electron chi connectivity index (χ0n) is 9.33. The largest absolute Gasteiger partial charge is 0.477 e. The Morgan fingerprint density at radius 2 is 2.00 bits per heavy atom. The van der Waals surface area contributed by atoms with E-state index < -0.39 is 28.5 Å². The van der Waals surface area contributed by atoms with E-state index in [2.05, 4.69) is 4.98 Å². The molecule has 0 fully saturated rings. The van der Waals surface area contributed by atoms with E-state index in [4.69, 9.17) is 16.7 Å². The molecule has 0 bridgehead atoms. The van der Waals surface area contributed by atoms with Gasteiger partial charge in [0.15, 0.2) is 5.69 Å². The predicted octanol–water partition coefficient (Wildman–Crippen LogP) is 4.32. The molecule has 0 aliphatic carbocycles. The van der Waals surface area contributed by atoms with Crippen molar-refractivity contribution in [3.8, 4) is 10.6 Å². The maximum absolute atomic E-state index is 13.3. The topological polar surface area (TPSA) is 50.2 Å². The summed E-state index contributed by atoms with van der Waals surface area (Å²) in [5.41, 5.74) is -1.48. The number of aromatic carboxylic acids is 1. The highest BCUT2D eigenvalue weighted by Gasteiger charge is 2.39. The van der Waals surface area contributed by atoms with Crippen LogP contribution in [0.3, 0.4) is 0 Å². The van der Waals surface area contributed by atoms with Gasteiger partial charge in [0.2, 0.25) is 0 Å². The molecule has 2 rings (SSSR count). The van der Waals surface area contributed by atoms with Crippen LogP contribution in [0.2, 0.25) is 5.02 Å². The zero-order valence-corrected chi connectivity index (χ0v) is 10.9. The van der Waals surface area contributed by atoms with E-state index in [0.29, 0.717) is 11.3 Å². The maximum atomic E-state index is 13.3. The lowest BCUT2D eigenvalue weighted by Crippen LogP contribution is -2.11. The molecular weight excluding hydrogens is 322 g/mol. The zero-order chi connectivity index (χ0) is 15.1. The van der Waals surface area contributed by atoms with Crippen LogP contribution in [-0.4, -0.2) is 16.1 Å². The quantitative estimate of drug-likeness (QED) is 0.837. The normalized spacial score (nSPS) is 11.7. The second-order valence-corrected chi connectivity index (χ2v) is 5.03. The second-order valence-electron chi connectivity index (χ2n) is 3.63. The van der Waals surface area contributed by atoms with Crippen LogP contribution in [0.4, 0.5) is 17.6 Å². The summed E-state index contributed by atoms with van der Waals surface area (Å²) in [5.74, 6) is -2.57. The minimum absolute atomic E-state index is 0.0231. The molecule has 20 heavy (non-hydrogen) atoms. The van der Waals surface area contributed by atoms with E-state index in [1.165, 1.54) is 6.07 Å². The number of alkyl halides is 3. The fourth-order valence-electron chi connectivity index (χ4n) is 1.41. The molecule has 106 valence electrons. The number of carbonyl (C=O) groups is 1. The van der Waals surface area contributed by atoms with Crippen LogP contribution in [0.25, 0.3) is 10.6 Å². The second kappa shape index (κ2) is 5.02. The summed E-state index contributed by atoms with van der Waals surface area (Å²) in [4.78, 5) is 13.1. The molecule has 1 aromatic carbocycles. The van der Waals surface area contributed by atoms with Crippen molar-refractivity contribution < 1.29 is 27.5 Å². The van der Waals surface area contributed by atoms with Gasteiger partial charge in [-0.05, 0) is 12.1 Å². The van der Waals surface area contributed by atoms with Crippen molar-refractivity contribution in [2.75, 3.05) is 0 Å². The van der Waals surface area contributed by atoms with Gasteiger partial charge in [0.25, 0.3) is 0 Å². The highest BCUT2D eigenvalue weighted by atomic mass is 35.5. The van der Waals surface area contributed by atoms with Gasteiger partial charge in [-0.2, -0.15) is 13.2 Å². The molecule has 0 atom stereocenters. The summed E-state index contributed by atoms with van der Waals surface area (Å²) in [6, 6.07) is 3.31. The third-order valence-electron chi connectivity index (χ3n) is 2.26. The number of nitrogens with zero attached hydrogens (tertiary/aromatic N) is 1. The number of carboxylic acid groups (broad SMARTS) is 1. The van der Waals surface area contributed by atoms with Crippen molar-refractivity contribution in [3.63, 3.8) is 0 Å². The van der Waals surface area contributed by atoms with Crippen molar-refractivity contribution in [2.45, 2.75) is 6.18 Å². The Labute approximate surface area is 118 Å². The van der Waals surface area contributed by atoms with E-state index in [1.807, 2.05) is 0 Å². The first-order valence-electron chi connectivity index (χ1n) is 4.97. The van der Waals surface area contributed by atoms with Gasteiger partial charge in [0.05, 0.1) is 5.02 Å². The van der Waals surface area contributed by atoms with Crippen molar-refractivity contribution in [3.05, 3.63) is 39.6 Å². The Bertz CT molecular complexity index is 684. The number of rotatable bonds is 2. The lowest BCUT2D eigenvalue weighted by Gasteiger charge is -2.02. The summed E-state index contributed by atoms with van der Waals surface area (Å²) in [6.45, 7) is 0. The minimum Gasteiger partial charge on any atom is -0.477 e. The summed E-state index contributed by atoms with van der Waals surface area (Å²) in [7, 11) is 0. The summed E-state index contributed by atoms with van der Waals surface area (Å²) in [5, 5.41) is 8.32. The van der Waals surface area contributed by atoms with Crippen molar-refractivity contribution in [1.29, 1.82) is 0 Å². The smallest absolute Gasteiger partial charge is 0.435 e. The molecule has 9 heteroatoms.